The monoisotopic (exact) mass is 389 g/mol. The summed E-state index contributed by atoms with van der Waals surface area (Å²) in [5.41, 5.74) is 0.709. The van der Waals surface area contributed by atoms with E-state index in [1.165, 1.54) is 23.7 Å². The van der Waals surface area contributed by atoms with Crippen LogP contribution < -0.4 is 5.32 Å². The number of hydrogen-bond donors (Lipinski definition) is 1. The van der Waals surface area contributed by atoms with E-state index in [4.69, 9.17) is 9.15 Å². The van der Waals surface area contributed by atoms with Gasteiger partial charge in [-0.05, 0) is 25.0 Å². The fourth-order valence-corrected chi connectivity index (χ4v) is 3.06. The number of Topliss-reactive ketones (excluding diaryl/α,β-unsaturated/α-hetero) is 1. The van der Waals surface area contributed by atoms with Crippen molar-refractivity contribution in [2.75, 3.05) is 6.61 Å². The van der Waals surface area contributed by atoms with E-state index in [-0.39, 0.29) is 11.7 Å². The average Bonchev–Trinajstić information content (AvgIpc) is 3.30. The van der Waals surface area contributed by atoms with Crippen molar-refractivity contribution in [3.05, 3.63) is 40.2 Å². The summed E-state index contributed by atoms with van der Waals surface area (Å²) in [6.45, 7) is 4.64. The second-order valence-corrected chi connectivity index (χ2v) is 7.03. The van der Waals surface area contributed by atoms with Crippen molar-refractivity contribution in [2.24, 2.45) is 5.92 Å². The number of aryl methyl sites for hydroxylation is 1. The Morgan fingerprint density at radius 2 is 2.15 bits per heavy atom. The predicted octanol–water partition coefficient (Wildman–Crippen LogP) is 2.22. The molecule has 27 heavy (non-hydrogen) atoms. The summed E-state index contributed by atoms with van der Waals surface area (Å²) < 4.78 is 10.0. The Morgan fingerprint density at radius 1 is 1.41 bits per heavy atom. The quantitative estimate of drug-likeness (QED) is 0.687. The molecule has 0 unspecified atom stereocenters. The Balaban J connectivity index is 1.97. The van der Waals surface area contributed by atoms with E-state index >= 15 is 0 Å². The van der Waals surface area contributed by atoms with Crippen LogP contribution in [0.15, 0.2) is 28.2 Å². The second-order valence-electron chi connectivity index (χ2n) is 6.14. The molecule has 1 amide bonds. The van der Waals surface area contributed by atoms with Crippen LogP contribution in [0.25, 0.3) is 0 Å². The van der Waals surface area contributed by atoms with Crippen molar-refractivity contribution < 1.29 is 23.5 Å². The van der Waals surface area contributed by atoms with E-state index in [9.17, 15) is 19.6 Å². The first kappa shape index (κ1) is 20.3. The maximum Gasteiger partial charge on any atom is 0.329 e. The number of carbonyl (C=O) groups excluding carboxylic acids is 3. The largest absolute Gasteiger partial charge is 0.459 e. The molecule has 0 aliphatic heterocycles. The molecule has 2 heterocycles. The van der Waals surface area contributed by atoms with Gasteiger partial charge in [0.2, 0.25) is 0 Å². The number of nitriles is 1. The molecule has 9 heteroatoms. The van der Waals surface area contributed by atoms with Gasteiger partial charge in [0, 0.05) is 11.1 Å². The maximum atomic E-state index is 12.3. The van der Waals surface area contributed by atoms with Gasteiger partial charge in [-0.15, -0.1) is 11.3 Å². The number of hydrogen-bond acceptors (Lipinski definition) is 8. The highest BCUT2D eigenvalue weighted by Crippen LogP contribution is 2.21. The normalized spacial score (nSPS) is 12.9. The molecule has 2 aromatic heterocycles. The van der Waals surface area contributed by atoms with Crippen LogP contribution in [-0.2, 0) is 14.3 Å². The van der Waals surface area contributed by atoms with E-state index in [0.717, 1.165) is 0 Å². The number of amides is 1. The first-order chi connectivity index (χ1) is 12.8. The van der Waals surface area contributed by atoms with Gasteiger partial charge < -0.3 is 14.5 Å². The molecule has 2 rings (SSSR count). The van der Waals surface area contributed by atoms with Crippen LogP contribution in [0.2, 0.25) is 0 Å². The zero-order chi connectivity index (χ0) is 20.0. The zero-order valence-electron chi connectivity index (χ0n) is 15.1. The highest BCUT2D eigenvalue weighted by molar-refractivity contribution is 7.09. The van der Waals surface area contributed by atoms with Gasteiger partial charge in [0.15, 0.2) is 24.1 Å². The number of ether oxygens (including phenoxy) is 1. The van der Waals surface area contributed by atoms with Crippen molar-refractivity contribution in [3.63, 3.8) is 0 Å². The zero-order valence-corrected chi connectivity index (χ0v) is 15.9. The molecule has 0 fully saturated rings. The molecular weight excluding hydrogens is 370 g/mol. The smallest absolute Gasteiger partial charge is 0.329 e. The van der Waals surface area contributed by atoms with Gasteiger partial charge in [-0.1, -0.05) is 13.8 Å². The van der Waals surface area contributed by atoms with Gasteiger partial charge in [-0.3, -0.25) is 9.59 Å². The van der Waals surface area contributed by atoms with Crippen molar-refractivity contribution in [3.8, 4) is 6.07 Å². The molecule has 0 saturated carbocycles. The van der Waals surface area contributed by atoms with Gasteiger partial charge in [0.25, 0.3) is 5.91 Å². The standard InChI is InChI=1S/C18H19N3O5S/c1-10(2)15(21-16(23)14-5-4-6-25-14)18(24)26-8-13(22)12(7-19)17-20-11(3)9-27-17/h4-6,9-10,12,15H,8H2,1-3H3,(H,21,23)/t12-,15-/m0/s1. The molecule has 142 valence electrons. The number of ketones is 1. The SMILES string of the molecule is Cc1csc([C@@H](C#N)C(=O)COC(=O)[C@@H](NC(=O)c2ccco2)C(C)C)n1. The number of esters is 1. The van der Waals surface area contributed by atoms with E-state index < -0.39 is 36.2 Å². The van der Waals surface area contributed by atoms with E-state index in [2.05, 4.69) is 10.3 Å². The number of rotatable bonds is 8. The summed E-state index contributed by atoms with van der Waals surface area (Å²) in [5, 5.41) is 13.9. The lowest BCUT2D eigenvalue weighted by Gasteiger charge is -2.20. The van der Waals surface area contributed by atoms with Gasteiger partial charge >= 0.3 is 5.97 Å². The first-order valence-electron chi connectivity index (χ1n) is 8.18. The molecule has 0 aliphatic carbocycles. The van der Waals surface area contributed by atoms with Crippen LogP contribution in [0.1, 0.15) is 41.0 Å². The fraction of sp³-hybridized carbons (Fsp3) is 0.389. The minimum Gasteiger partial charge on any atom is -0.459 e. The third kappa shape index (κ3) is 5.24. The lowest BCUT2D eigenvalue weighted by molar-refractivity contribution is -0.151. The van der Waals surface area contributed by atoms with E-state index in [1.807, 2.05) is 6.07 Å². The topological polar surface area (TPSA) is 122 Å². The van der Waals surface area contributed by atoms with Gasteiger partial charge in [-0.2, -0.15) is 5.26 Å². The van der Waals surface area contributed by atoms with Crippen molar-refractivity contribution in [1.29, 1.82) is 5.26 Å². The van der Waals surface area contributed by atoms with Gasteiger partial charge in [0.05, 0.1) is 12.3 Å². The Bertz CT molecular complexity index is 851. The van der Waals surface area contributed by atoms with Crippen LogP contribution in [-0.4, -0.2) is 35.3 Å². The summed E-state index contributed by atoms with van der Waals surface area (Å²) in [6.07, 6.45) is 1.35. The molecule has 0 bridgehead atoms. The third-order valence-corrected chi connectivity index (χ3v) is 4.67. The van der Waals surface area contributed by atoms with Crippen molar-refractivity contribution in [2.45, 2.75) is 32.7 Å². The molecule has 0 saturated heterocycles. The fourth-order valence-electron chi connectivity index (χ4n) is 2.20. The minimum atomic E-state index is -1.09. The van der Waals surface area contributed by atoms with Crippen LogP contribution >= 0.6 is 11.3 Å². The highest BCUT2D eigenvalue weighted by atomic mass is 32.1. The number of aromatic nitrogens is 1. The molecule has 0 radical (unpaired) electrons. The number of thiazole rings is 1. The Morgan fingerprint density at radius 3 is 2.67 bits per heavy atom. The van der Waals surface area contributed by atoms with Crippen LogP contribution in [0.3, 0.4) is 0 Å². The number of nitrogens with one attached hydrogen (secondary N) is 1. The number of furan rings is 1. The molecule has 1 N–H and O–H groups in total. The van der Waals surface area contributed by atoms with Crippen molar-refractivity contribution >= 4 is 29.0 Å². The number of nitrogens with zero attached hydrogens (tertiary/aromatic N) is 2. The Kier molecular flexibility index (Phi) is 6.85. The van der Waals surface area contributed by atoms with E-state index in [1.54, 1.807) is 32.2 Å². The lowest BCUT2D eigenvalue weighted by atomic mass is 10.0. The van der Waals surface area contributed by atoms with Gasteiger partial charge in [-0.25, -0.2) is 9.78 Å². The Labute approximate surface area is 160 Å². The molecule has 2 atom stereocenters. The lowest BCUT2D eigenvalue weighted by Crippen LogP contribution is -2.45. The van der Waals surface area contributed by atoms with Crippen molar-refractivity contribution in [1.82, 2.24) is 10.3 Å². The maximum absolute atomic E-state index is 12.3. The minimum absolute atomic E-state index is 0.0632. The third-order valence-electron chi connectivity index (χ3n) is 3.64. The van der Waals surface area contributed by atoms with Gasteiger partial charge in [0.1, 0.15) is 11.0 Å². The summed E-state index contributed by atoms with van der Waals surface area (Å²) in [4.78, 5) is 40.8. The molecule has 0 aromatic carbocycles. The van der Waals surface area contributed by atoms with Crippen LogP contribution in [0, 0.1) is 24.2 Å². The summed E-state index contributed by atoms with van der Waals surface area (Å²) in [5.74, 6) is -3.19. The molecule has 2 aromatic rings. The molecule has 0 aliphatic rings. The first-order valence-corrected chi connectivity index (χ1v) is 9.06. The van der Waals surface area contributed by atoms with E-state index in [0.29, 0.717) is 10.7 Å². The molecule has 8 nitrogen and oxygen atoms in total. The van der Waals surface area contributed by atoms with Crippen LogP contribution in [0.4, 0.5) is 0 Å². The molecule has 0 spiro atoms. The number of carbonyl (C=O) groups is 3. The summed E-state index contributed by atoms with van der Waals surface area (Å²) >= 11 is 1.20. The average molecular weight is 389 g/mol. The predicted molar refractivity (Wildman–Crippen MR) is 96.0 cm³/mol. The molecular formula is C18H19N3O5S. The summed E-state index contributed by atoms with van der Waals surface area (Å²) in [6, 6.07) is 3.94. The van der Waals surface area contributed by atoms with Crippen LogP contribution in [0.5, 0.6) is 0 Å². The highest BCUT2D eigenvalue weighted by Gasteiger charge is 2.29. The Hall–Kier alpha value is -2.99. The second kappa shape index (κ2) is 9.09. The summed E-state index contributed by atoms with van der Waals surface area (Å²) in [7, 11) is 0.